The van der Waals surface area contributed by atoms with Crippen molar-refractivity contribution in [2.45, 2.75) is 33.2 Å². The van der Waals surface area contributed by atoms with Crippen LogP contribution in [-0.4, -0.2) is 23.9 Å². The maximum atomic E-state index is 12.0. The first-order valence-electron chi connectivity index (χ1n) is 6.79. The summed E-state index contributed by atoms with van der Waals surface area (Å²) in [5.41, 5.74) is 5.60. The monoisotopic (exact) mass is 311 g/mol. The lowest BCUT2D eigenvalue weighted by atomic mass is 10.1. The molecule has 5 nitrogen and oxygen atoms in total. The van der Waals surface area contributed by atoms with E-state index in [9.17, 15) is 9.59 Å². The largest absolute Gasteiger partial charge is 0.352 e. The third-order valence-corrected chi connectivity index (χ3v) is 3.04. The minimum atomic E-state index is -0.986. The smallest absolute Gasteiger partial charge is 0.252 e. The summed E-state index contributed by atoms with van der Waals surface area (Å²) in [6, 6.07) is 4.74. The van der Waals surface area contributed by atoms with Crippen LogP contribution in [0.2, 0.25) is 5.02 Å². The molecule has 0 fully saturated rings. The number of amides is 2. The van der Waals surface area contributed by atoms with Gasteiger partial charge in [-0.2, -0.15) is 0 Å². The Morgan fingerprint density at radius 3 is 2.43 bits per heavy atom. The van der Waals surface area contributed by atoms with E-state index in [1.807, 2.05) is 13.8 Å². The molecule has 0 aliphatic rings. The summed E-state index contributed by atoms with van der Waals surface area (Å²) in [7, 11) is 0. The molecule has 1 aromatic carbocycles. The van der Waals surface area contributed by atoms with E-state index in [4.69, 9.17) is 17.3 Å². The van der Waals surface area contributed by atoms with Crippen molar-refractivity contribution in [1.29, 1.82) is 0 Å². The third kappa shape index (κ3) is 5.36. The second-order valence-corrected chi connectivity index (χ2v) is 6.38. The first kappa shape index (κ1) is 17.5. The van der Waals surface area contributed by atoms with E-state index in [-0.39, 0.29) is 16.8 Å². The number of hydrogen-bond donors (Lipinski definition) is 3. The Morgan fingerprint density at radius 2 is 1.95 bits per heavy atom. The Kier molecular flexibility index (Phi) is 5.75. The van der Waals surface area contributed by atoms with Crippen LogP contribution in [0, 0.1) is 5.92 Å². The predicted octanol–water partition coefficient (Wildman–Crippen LogP) is 2.40. The summed E-state index contributed by atoms with van der Waals surface area (Å²) in [5, 5.41) is 5.73. The van der Waals surface area contributed by atoms with Gasteiger partial charge in [0.1, 0.15) is 0 Å². The van der Waals surface area contributed by atoms with Crippen LogP contribution in [0.3, 0.4) is 0 Å². The quantitative estimate of drug-likeness (QED) is 0.780. The highest BCUT2D eigenvalue weighted by Gasteiger charge is 2.22. The van der Waals surface area contributed by atoms with Gasteiger partial charge >= 0.3 is 0 Å². The lowest BCUT2D eigenvalue weighted by Crippen LogP contribution is -2.45. The summed E-state index contributed by atoms with van der Waals surface area (Å²) in [5.74, 6) is -0.195. The fourth-order valence-electron chi connectivity index (χ4n) is 1.46. The molecular weight excluding hydrogens is 290 g/mol. The second-order valence-electron chi connectivity index (χ2n) is 5.97. The van der Waals surface area contributed by atoms with E-state index in [2.05, 4.69) is 10.6 Å². The van der Waals surface area contributed by atoms with E-state index >= 15 is 0 Å². The van der Waals surface area contributed by atoms with Gasteiger partial charge in [-0.15, -0.1) is 0 Å². The van der Waals surface area contributed by atoms with Crippen molar-refractivity contribution in [1.82, 2.24) is 5.32 Å². The first-order valence-corrected chi connectivity index (χ1v) is 7.17. The Hall–Kier alpha value is -1.59. The Labute approximate surface area is 130 Å². The molecule has 0 saturated heterocycles. The number of carbonyl (C=O) groups excluding carboxylic acids is 2. The Balaban J connectivity index is 2.81. The zero-order valence-corrected chi connectivity index (χ0v) is 13.5. The summed E-state index contributed by atoms with van der Waals surface area (Å²) >= 11 is 6.09. The minimum absolute atomic E-state index is 0.231. The highest BCUT2D eigenvalue weighted by Crippen LogP contribution is 2.21. The molecule has 1 aromatic rings. The number of carbonyl (C=O) groups is 2. The molecule has 0 aliphatic carbocycles. The van der Waals surface area contributed by atoms with E-state index in [1.165, 1.54) is 6.07 Å². The number of nitrogens with one attached hydrogen (secondary N) is 2. The molecule has 0 radical (unpaired) electrons. The summed E-state index contributed by atoms with van der Waals surface area (Å²) in [6.45, 7) is 7.81. The normalized spacial score (nSPS) is 11.4. The number of anilines is 1. The van der Waals surface area contributed by atoms with Crippen molar-refractivity contribution >= 4 is 29.1 Å². The predicted molar refractivity (Wildman–Crippen MR) is 85.5 cm³/mol. The summed E-state index contributed by atoms with van der Waals surface area (Å²) < 4.78 is 0. The van der Waals surface area contributed by atoms with Crippen molar-refractivity contribution in [2.75, 3.05) is 11.9 Å². The van der Waals surface area contributed by atoms with Crippen molar-refractivity contribution in [3.8, 4) is 0 Å². The van der Waals surface area contributed by atoms with Crippen LogP contribution < -0.4 is 16.4 Å². The molecule has 116 valence electrons. The van der Waals surface area contributed by atoms with Gasteiger partial charge in [-0.05, 0) is 38.0 Å². The maximum absolute atomic E-state index is 12.0. The van der Waals surface area contributed by atoms with Gasteiger partial charge in [0.05, 0.1) is 16.1 Å². The molecular formula is C15H22ClN3O2. The zero-order chi connectivity index (χ0) is 16.2. The molecule has 0 atom stereocenters. The highest BCUT2D eigenvalue weighted by atomic mass is 35.5. The molecule has 2 amide bonds. The Morgan fingerprint density at radius 1 is 1.33 bits per heavy atom. The minimum Gasteiger partial charge on any atom is -0.352 e. The average molecular weight is 312 g/mol. The van der Waals surface area contributed by atoms with Gasteiger partial charge in [-0.1, -0.05) is 25.4 Å². The van der Waals surface area contributed by atoms with E-state index < -0.39 is 5.54 Å². The van der Waals surface area contributed by atoms with Crippen LogP contribution in [0.25, 0.3) is 0 Å². The number of rotatable bonds is 5. The van der Waals surface area contributed by atoms with Gasteiger partial charge < -0.3 is 16.4 Å². The van der Waals surface area contributed by atoms with Gasteiger partial charge in [0.15, 0.2) is 0 Å². The molecule has 0 heterocycles. The van der Waals surface area contributed by atoms with Gasteiger partial charge in [-0.25, -0.2) is 0 Å². The number of halogens is 1. The van der Waals surface area contributed by atoms with Crippen molar-refractivity contribution in [3.63, 3.8) is 0 Å². The molecule has 0 bridgehead atoms. The van der Waals surface area contributed by atoms with Crippen molar-refractivity contribution in [2.24, 2.45) is 11.7 Å². The SMILES string of the molecule is CC(C)CNC(=O)c1ccc(NC(=O)C(C)(C)N)cc1Cl. The van der Waals surface area contributed by atoms with Crippen LogP contribution in [0.15, 0.2) is 18.2 Å². The third-order valence-electron chi connectivity index (χ3n) is 2.73. The number of hydrogen-bond acceptors (Lipinski definition) is 3. The standard InChI is InChI=1S/C15H22ClN3O2/c1-9(2)8-18-13(20)11-6-5-10(7-12(11)16)19-14(21)15(3,4)17/h5-7,9H,8,17H2,1-4H3,(H,18,20)(H,19,21). The molecule has 6 heteroatoms. The molecule has 0 aromatic heterocycles. The molecule has 21 heavy (non-hydrogen) atoms. The topological polar surface area (TPSA) is 84.2 Å². The van der Waals surface area contributed by atoms with E-state index in [1.54, 1.807) is 26.0 Å². The van der Waals surface area contributed by atoms with Crippen molar-refractivity contribution in [3.05, 3.63) is 28.8 Å². The lowest BCUT2D eigenvalue weighted by molar-refractivity contribution is -0.120. The second kappa shape index (κ2) is 6.91. The van der Waals surface area contributed by atoms with Gasteiger partial charge in [0.25, 0.3) is 5.91 Å². The fourth-order valence-corrected chi connectivity index (χ4v) is 1.73. The summed E-state index contributed by atoms with van der Waals surface area (Å²) in [6.07, 6.45) is 0. The van der Waals surface area contributed by atoms with E-state index in [0.29, 0.717) is 23.7 Å². The van der Waals surface area contributed by atoms with Gasteiger partial charge in [0.2, 0.25) is 5.91 Å². The van der Waals surface area contributed by atoms with E-state index in [0.717, 1.165) is 0 Å². The van der Waals surface area contributed by atoms with Gasteiger partial charge in [0, 0.05) is 12.2 Å². The first-order chi connectivity index (χ1) is 9.61. The molecule has 0 aliphatic heterocycles. The fraction of sp³-hybridized carbons (Fsp3) is 0.467. The Bertz CT molecular complexity index is 536. The molecule has 1 rings (SSSR count). The number of benzene rings is 1. The molecule has 4 N–H and O–H groups in total. The van der Waals surface area contributed by atoms with Crippen LogP contribution in [0.5, 0.6) is 0 Å². The summed E-state index contributed by atoms with van der Waals surface area (Å²) in [4.78, 5) is 23.7. The molecule has 0 saturated carbocycles. The molecule has 0 spiro atoms. The molecule has 0 unspecified atom stereocenters. The average Bonchev–Trinajstić information content (AvgIpc) is 2.34. The highest BCUT2D eigenvalue weighted by molar-refractivity contribution is 6.34. The van der Waals surface area contributed by atoms with Crippen LogP contribution in [0.1, 0.15) is 38.1 Å². The lowest BCUT2D eigenvalue weighted by Gasteiger charge is -2.18. The van der Waals surface area contributed by atoms with Gasteiger partial charge in [-0.3, -0.25) is 9.59 Å². The maximum Gasteiger partial charge on any atom is 0.252 e. The van der Waals surface area contributed by atoms with Crippen LogP contribution >= 0.6 is 11.6 Å². The van der Waals surface area contributed by atoms with Crippen LogP contribution in [0.4, 0.5) is 5.69 Å². The van der Waals surface area contributed by atoms with Crippen molar-refractivity contribution < 1.29 is 9.59 Å². The van der Waals surface area contributed by atoms with Crippen LogP contribution in [-0.2, 0) is 4.79 Å². The zero-order valence-electron chi connectivity index (χ0n) is 12.8. The number of nitrogens with two attached hydrogens (primary N) is 1.